The molecule has 0 aromatic heterocycles. The number of hydrogen-bond donors (Lipinski definition) is 2. The third-order valence-corrected chi connectivity index (χ3v) is 8.42. The highest BCUT2D eigenvalue weighted by atomic mass is 32.2. The molecule has 1 saturated heterocycles. The van der Waals surface area contributed by atoms with Crippen LogP contribution in [0.25, 0.3) is 0 Å². The van der Waals surface area contributed by atoms with Gasteiger partial charge in [-0.05, 0) is 62.3 Å². The number of nitrogens with one attached hydrogen (secondary N) is 1. The quantitative estimate of drug-likeness (QED) is 0.416. The topological polar surface area (TPSA) is 86.7 Å². The van der Waals surface area contributed by atoms with Gasteiger partial charge < -0.3 is 5.32 Å². The van der Waals surface area contributed by atoms with Gasteiger partial charge in [-0.3, -0.25) is 10.0 Å². The molecule has 152 valence electrons. The van der Waals surface area contributed by atoms with Crippen LogP contribution < -0.4 is 5.32 Å². The van der Waals surface area contributed by atoms with Gasteiger partial charge in [0.1, 0.15) is 6.54 Å². The van der Waals surface area contributed by atoms with E-state index in [0.29, 0.717) is 18.2 Å². The number of carbonyl (C=O) groups is 1. The van der Waals surface area contributed by atoms with Crippen molar-refractivity contribution in [3.8, 4) is 12.3 Å². The molecule has 1 amide bonds. The van der Waals surface area contributed by atoms with E-state index in [4.69, 9.17) is 6.42 Å². The maximum absolute atomic E-state index is 13.5. The van der Waals surface area contributed by atoms with Gasteiger partial charge in [-0.25, -0.2) is 13.5 Å². The first kappa shape index (κ1) is 21.4. The molecule has 6 nitrogen and oxygen atoms in total. The van der Waals surface area contributed by atoms with Gasteiger partial charge in [0.25, 0.3) is 5.91 Å². The maximum Gasteiger partial charge on any atom is 0.268 e. The Morgan fingerprint density at radius 3 is 2.28 bits per heavy atom. The summed E-state index contributed by atoms with van der Waals surface area (Å²) in [4.78, 5) is 14.9. The molecule has 1 fully saturated rings. The first-order valence-corrected chi connectivity index (χ1v) is 11.4. The standard InChI is InChI=1S/C21H22N2O4S2/c1-2-16-23(25)20(24)21(12-14-22-15-13-21)29(26,27)19-10-8-18(9-11-19)28-17-6-4-3-5-7-17/h1,3-11,22,25H,12-16H2. The van der Waals surface area contributed by atoms with Gasteiger partial charge in [0.05, 0.1) is 4.90 Å². The zero-order valence-electron chi connectivity index (χ0n) is 15.7. The van der Waals surface area contributed by atoms with Crippen LogP contribution in [0, 0.1) is 12.3 Å². The van der Waals surface area contributed by atoms with Crippen molar-refractivity contribution in [3.05, 3.63) is 54.6 Å². The van der Waals surface area contributed by atoms with E-state index in [9.17, 15) is 18.4 Å². The normalized spacial score (nSPS) is 16.0. The summed E-state index contributed by atoms with van der Waals surface area (Å²) in [6.07, 6.45) is 5.30. The SMILES string of the molecule is C#CCN(O)C(=O)C1(S(=O)(=O)c2ccc(Sc3ccccc3)cc2)CCNCC1. The van der Waals surface area contributed by atoms with Crippen molar-refractivity contribution in [2.45, 2.75) is 32.3 Å². The fraction of sp³-hybridized carbons (Fsp3) is 0.286. The highest BCUT2D eigenvalue weighted by molar-refractivity contribution is 7.99. The minimum absolute atomic E-state index is 0.0549. The summed E-state index contributed by atoms with van der Waals surface area (Å²) in [6.45, 7) is 0.351. The number of sulfone groups is 1. The zero-order valence-corrected chi connectivity index (χ0v) is 17.4. The molecule has 29 heavy (non-hydrogen) atoms. The van der Waals surface area contributed by atoms with Gasteiger partial charge in [0, 0.05) is 9.79 Å². The average molecular weight is 431 g/mol. The minimum Gasteiger partial charge on any atom is -0.317 e. The number of rotatable bonds is 6. The second-order valence-corrected chi connectivity index (χ2v) is 10.1. The first-order valence-electron chi connectivity index (χ1n) is 9.13. The summed E-state index contributed by atoms with van der Waals surface area (Å²) in [5.41, 5.74) is 0. The molecule has 0 atom stereocenters. The third kappa shape index (κ3) is 4.33. The first-order chi connectivity index (χ1) is 13.9. The second kappa shape index (κ2) is 9.01. The zero-order chi connectivity index (χ0) is 20.9. The van der Waals surface area contributed by atoms with Crippen molar-refractivity contribution < 1.29 is 18.4 Å². The monoisotopic (exact) mass is 430 g/mol. The summed E-state index contributed by atoms with van der Waals surface area (Å²) >= 11 is 1.52. The Morgan fingerprint density at radius 1 is 1.10 bits per heavy atom. The van der Waals surface area contributed by atoms with Crippen molar-refractivity contribution in [3.63, 3.8) is 0 Å². The predicted octanol–water partition coefficient (Wildman–Crippen LogP) is 2.58. The fourth-order valence-corrected chi connectivity index (χ4v) is 6.22. The molecule has 0 spiro atoms. The van der Waals surface area contributed by atoms with Gasteiger partial charge in [-0.15, -0.1) is 6.42 Å². The Hall–Kier alpha value is -2.31. The molecule has 1 aliphatic rings. The van der Waals surface area contributed by atoms with E-state index in [1.165, 1.54) is 23.9 Å². The Kier molecular flexibility index (Phi) is 6.65. The Morgan fingerprint density at radius 2 is 1.69 bits per heavy atom. The van der Waals surface area contributed by atoms with E-state index < -0.39 is 20.5 Å². The van der Waals surface area contributed by atoms with Crippen molar-refractivity contribution in [1.29, 1.82) is 0 Å². The molecule has 2 aromatic carbocycles. The van der Waals surface area contributed by atoms with Crippen molar-refractivity contribution in [2.75, 3.05) is 19.6 Å². The van der Waals surface area contributed by atoms with Gasteiger partial charge in [-0.1, -0.05) is 35.9 Å². The number of amides is 1. The molecule has 0 unspecified atom stereocenters. The number of hydrogen-bond acceptors (Lipinski definition) is 6. The van der Waals surface area contributed by atoms with Crippen LogP contribution in [0.3, 0.4) is 0 Å². The molecule has 0 radical (unpaired) electrons. The van der Waals surface area contributed by atoms with Gasteiger partial charge in [0.15, 0.2) is 14.6 Å². The van der Waals surface area contributed by atoms with Crippen LogP contribution in [0.2, 0.25) is 0 Å². The summed E-state index contributed by atoms with van der Waals surface area (Å²) in [5.74, 6) is 1.29. The van der Waals surface area contributed by atoms with Crippen LogP contribution in [0.15, 0.2) is 69.3 Å². The lowest BCUT2D eigenvalue weighted by atomic mass is 9.95. The highest BCUT2D eigenvalue weighted by Gasteiger charge is 2.53. The summed E-state index contributed by atoms with van der Waals surface area (Å²) < 4.78 is 25.2. The number of terminal acetylenes is 1. The molecule has 2 aromatic rings. The van der Waals surface area contributed by atoms with E-state index in [-0.39, 0.29) is 24.3 Å². The molecular weight excluding hydrogens is 408 g/mol. The van der Waals surface area contributed by atoms with Crippen LogP contribution in [0.1, 0.15) is 12.8 Å². The average Bonchev–Trinajstić information content (AvgIpc) is 2.75. The number of benzene rings is 2. The van der Waals surface area contributed by atoms with Crippen LogP contribution >= 0.6 is 11.8 Å². The number of nitrogens with zero attached hydrogens (tertiary/aromatic N) is 1. The molecular formula is C21H22N2O4S2. The third-order valence-electron chi connectivity index (χ3n) is 4.90. The van der Waals surface area contributed by atoms with Crippen molar-refractivity contribution >= 4 is 27.5 Å². The van der Waals surface area contributed by atoms with E-state index in [0.717, 1.165) is 9.79 Å². The summed E-state index contributed by atoms with van der Waals surface area (Å²) in [6, 6.07) is 16.2. The molecule has 0 bridgehead atoms. The molecule has 1 heterocycles. The Balaban J connectivity index is 1.92. The van der Waals surface area contributed by atoms with Crippen molar-refractivity contribution in [1.82, 2.24) is 10.4 Å². The van der Waals surface area contributed by atoms with Crippen LogP contribution in [-0.2, 0) is 14.6 Å². The number of piperidine rings is 1. The van der Waals surface area contributed by atoms with Crippen LogP contribution in [-0.4, -0.2) is 49.0 Å². The number of carbonyl (C=O) groups excluding carboxylic acids is 1. The summed E-state index contributed by atoms with van der Waals surface area (Å²) in [5, 5.41) is 13.4. The van der Waals surface area contributed by atoms with E-state index in [1.807, 2.05) is 30.3 Å². The van der Waals surface area contributed by atoms with E-state index in [2.05, 4.69) is 11.2 Å². The molecule has 1 aliphatic heterocycles. The number of hydroxylamine groups is 2. The minimum atomic E-state index is -4.04. The van der Waals surface area contributed by atoms with Crippen LogP contribution in [0.4, 0.5) is 0 Å². The maximum atomic E-state index is 13.5. The van der Waals surface area contributed by atoms with Gasteiger partial charge >= 0.3 is 0 Å². The lowest BCUT2D eigenvalue weighted by molar-refractivity contribution is -0.166. The van der Waals surface area contributed by atoms with Crippen LogP contribution in [0.5, 0.6) is 0 Å². The largest absolute Gasteiger partial charge is 0.317 e. The molecule has 8 heteroatoms. The van der Waals surface area contributed by atoms with Gasteiger partial charge in [-0.2, -0.15) is 0 Å². The molecule has 2 N–H and O–H groups in total. The lowest BCUT2D eigenvalue weighted by Crippen LogP contribution is -2.58. The Labute approximate surface area is 175 Å². The highest BCUT2D eigenvalue weighted by Crippen LogP contribution is 2.36. The lowest BCUT2D eigenvalue weighted by Gasteiger charge is -2.37. The van der Waals surface area contributed by atoms with Gasteiger partial charge in [0.2, 0.25) is 0 Å². The molecule has 0 aliphatic carbocycles. The van der Waals surface area contributed by atoms with Crippen molar-refractivity contribution in [2.24, 2.45) is 0 Å². The summed E-state index contributed by atoms with van der Waals surface area (Å²) in [7, 11) is -4.04. The van der Waals surface area contributed by atoms with E-state index in [1.54, 1.807) is 12.1 Å². The molecule has 3 rings (SSSR count). The molecule has 0 saturated carbocycles. The smallest absolute Gasteiger partial charge is 0.268 e. The second-order valence-electron chi connectivity index (χ2n) is 6.70. The fourth-order valence-electron chi connectivity index (χ4n) is 3.36. The Bertz CT molecular complexity index is 993. The predicted molar refractivity (Wildman–Crippen MR) is 111 cm³/mol. The van der Waals surface area contributed by atoms with E-state index >= 15 is 0 Å².